The molecule has 0 aromatic heterocycles. The van der Waals surface area contributed by atoms with Crippen LogP contribution in [-0.2, 0) is 4.74 Å². The Morgan fingerprint density at radius 1 is 1.44 bits per heavy atom. The predicted octanol–water partition coefficient (Wildman–Crippen LogP) is 3.52. The van der Waals surface area contributed by atoms with Crippen molar-refractivity contribution < 1.29 is 14.3 Å². The minimum absolute atomic E-state index is 0.0206. The number of hydrogen-bond acceptors (Lipinski definition) is 3. The van der Waals surface area contributed by atoms with E-state index in [9.17, 15) is 4.79 Å². The lowest BCUT2D eigenvalue weighted by molar-refractivity contribution is 0.0184. The van der Waals surface area contributed by atoms with Crippen LogP contribution in [0.25, 0.3) is 0 Å². The van der Waals surface area contributed by atoms with E-state index in [1.807, 2.05) is 19.1 Å². The molecule has 1 aliphatic rings. The van der Waals surface area contributed by atoms with Gasteiger partial charge in [0, 0.05) is 11.1 Å². The average molecular weight is 313 g/mol. The van der Waals surface area contributed by atoms with Crippen molar-refractivity contribution in [2.24, 2.45) is 0 Å². The number of ketones is 1. The molecule has 0 amide bonds. The largest absolute Gasteiger partial charge is 0.496 e. The Labute approximate surface area is 116 Å². The molecule has 2 rings (SSSR count). The molecule has 1 fully saturated rings. The Hall–Kier alpha value is -0.870. The van der Waals surface area contributed by atoms with Gasteiger partial charge < -0.3 is 9.47 Å². The molecule has 1 aromatic carbocycles. The van der Waals surface area contributed by atoms with E-state index in [2.05, 4.69) is 15.9 Å². The maximum atomic E-state index is 12.4. The first-order chi connectivity index (χ1) is 8.63. The molecule has 1 aliphatic heterocycles. The summed E-state index contributed by atoms with van der Waals surface area (Å²) in [5, 5.41) is 0. The SMILES string of the molecule is COc1cc(C)c(Br)cc1C(=O)C1CCCCO1. The maximum Gasteiger partial charge on any atom is 0.195 e. The first-order valence-electron chi connectivity index (χ1n) is 6.13. The van der Waals surface area contributed by atoms with Gasteiger partial charge in [-0.15, -0.1) is 0 Å². The van der Waals surface area contributed by atoms with Crippen molar-refractivity contribution in [1.29, 1.82) is 0 Å². The first kappa shape index (κ1) is 13.6. The van der Waals surface area contributed by atoms with Crippen LogP contribution in [0.1, 0.15) is 35.2 Å². The first-order valence-corrected chi connectivity index (χ1v) is 6.92. The van der Waals surface area contributed by atoms with Crippen LogP contribution < -0.4 is 4.74 Å². The van der Waals surface area contributed by atoms with Crippen LogP contribution in [0.4, 0.5) is 0 Å². The Bertz CT molecular complexity index is 451. The van der Waals surface area contributed by atoms with Crippen molar-refractivity contribution >= 4 is 21.7 Å². The van der Waals surface area contributed by atoms with Gasteiger partial charge in [-0.2, -0.15) is 0 Å². The summed E-state index contributed by atoms with van der Waals surface area (Å²) in [6.07, 6.45) is 2.57. The molecule has 1 heterocycles. The lowest BCUT2D eigenvalue weighted by Gasteiger charge is -2.22. The Morgan fingerprint density at radius 2 is 2.22 bits per heavy atom. The van der Waals surface area contributed by atoms with Crippen LogP contribution in [0.15, 0.2) is 16.6 Å². The van der Waals surface area contributed by atoms with Gasteiger partial charge >= 0.3 is 0 Å². The smallest absolute Gasteiger partial charge is 0.195 e. The molecule has 1 unspecified atom stereocenters. The van der Waals surface area contributed by atoms with Gasteiger partial charge in [-0.25, -0.2) is 0 Å². The van der Waals surface area contributed by atoms with Crippen molar-refractivity contribution in [3.05, 3.63) is 27.7 Å². The summed E-state index contributed by atoms with van der Waals surface area (Å²) in [6.45, 7) is 2.64. The molecular formula is C14H17BrO3. The van der Waals surface area contributed by atoms with Crippen LogP contribution in [0.5, 0.6) is 5.75 Å². The molecule has 4 heteroatoms. The lowest BCUT2D eigenvalue weighted by Crippen LogP contribution is -2.28. The predicted molar refractivity (Wildman–Crippen MR) is 73.4 cm³/mol. The number of Topliss-reactive ketones (excluding diaryl/α,β-unsaturated/α-hetero) is 1. The monoisotopic (exact) mass is 312 g/mol. The third kappa shape index (κ3) is 2.75. The number of ether oxygens (including phenoxy) is 2. The standard InChI is InChI=1S/C14H17BrO3/c1-9-7-13(17-2)10(8-11(9)15)14(16)12-5-3-4-6-18-12/h7-8,12H,3-6H2,1-2H3. The molecule has 1 atom stereocenters. The number of rotatable bonds is 3. The van der Waals surface area contributed by atoms with Gasteiger partial charge in [0.25, 0.3) is 0 Å². The molecule has 1 aromatic rings. The molecule has 98 valence electrons. The third-order valence-electron chi connectivity index (χ3n) is 3.22. The van der Waals surface area contributed by atoms with E-state index in [1.54, 1.807) is 7.11 Å². The molecule has 0 spiro atoms. The van der Waals surface area contributed by atoms with Gasteiger partial charge in [0.15, 0.2) is 5.78 Å². The molecule has 0 saturated carbocycles. The zero-order valence-corrected chi connectivity index (χ0v) is 12.2. The summed E-state index contributed by atoms with van der Waals surface area (Å²) >= 11 is 3.45. The van der Waals surface area contributed by atoms with Crippen LogP contribution in [0.2, 0.25) is 0 Å². The number of benzene rings is 1. The Morgan fingerprint density at radius 3 is 2.83 bits per heavy atom. The summed E-state index contributed by atoms with van der Waals surface area (Å²) < 4.78 is 11.8. The van der Waals surface area contributed by atoms with Gasteiger partial charge in [0.2, 0.25) is 0 Å². The summed E-state index contributed by atoms with van der Waals surface area (Å²) in [6, 6.07) is 3.70. The van der Waals surface area contributed by atoms with Gasteiger partial charge in [-0.1, -0.05) is 15.9 Å². The quantitative estimate of drug-likeness (QED) is 0.801. The minimum atomic E-state index is -0.317. The molecule has 0 aliphatic carbocycles. The maximum absolute atomic E-state index is 12.4. The summed E-state index contributed by atoms with van der Waals surface area (Å²) in [7, 11) is 1.58. The fourth-order valence-electron chi connectivity index (χ4n) is 2.14. The van der Waals surface area contributed by atoms with E-state index in [0.717, 1.165) is 29.3 Å². The van der Waals surface area contributed by atoms with Crippen LogP contribution in [0.3, 0.4) is 0 Å². The molecule has 0 radical (unpaired) electrons. The number of carbonyl (C=O) groups excluding carboxylic acids is 1. The molecular weight excluding hydrogens is 296 g/mol. The molecule has 18 heavy (non-hydrogen) atoms. The number of halogens is 1. The fourth-order valence-corrected chi connectivity index (χ4v) is 2.48. The average Bonchev–Trinajstić information content (AvgIpc) is 2.41. The molecule has 0 N–H and O–H groups in total. The lowest BCUT2D eigenvalue weighted by atomic mass is 9.98. The van der Waals surface area contributed by atoms with Gasteiger partial charge in [0.05, 0.1) is 12.7 Å². The van der Waals surface area contributed by atoms with E-state index in [1.165, 1.54) is 0 Å². The highest BCUT2D eigenvalue weighted by Gasteiger charge is 2.26. The normalized spacial score (nSPS) is 19.6. The molecule has 3 nitrogen and oxygen atoms in total. The van der Waals surface area contributed by atoms with E-state index in [4.69, 9.17) is 9.47 Å². The second-order valence-corrected chi connectivity index (χ2v) is 5.38. The van der Waals surface area contributed by atoms with Crippen LogP contribution in [-0.4, -0.2) is 25.6 Å². The van der Waals surface area contributed by atoms with E-state index < -0.39 is 0 Å². The number of methoxy groups -OCH3 is 1. The van der Waals surface area contributed by atoms with E-state index in [0.29, 0.717) is 17.9 Å². The van der Waals surface area contributed by atoms with E-state index >= 15 is 0 Å². The minimum Gasteiger partial charge on any atom is -0.496 e. The van der Waals surface area contributed by atoms with Crippen LogP contribution >= 0.6 is 15.9 Å². The highest BCUT2D eigenvalue weighted by Crippen LogP contribution is 2.29. The highest BCUT2D eigenvalue weighted by molar-refractivity contribution is 9.10. The van der Waals surface area contributed by atoms with Gasteiger partial charge in [0.1, 0.15) is 11.9 Å². The van der Waals surface area contributed by atoms with Crippen molar-refractivity contribution in [2.75, 3.05) is 13.7 Å². The van der Waals surface area contributed by atoms with Crippen molar-refractivity contribution in [2.45, 2.75) is 32.3 Å². The summed E-state index contributed by atoms with van der Waals surface area (Å²) in [4.78, 5) is 12.4. The van der Waals surface area contributed by atoms with Gasteiger partial charge in [-0.3, -0.25) is 4.79 Å². The van der Waals surface area contributed by atoms with Gasteiger partial charge in [-0.05, 0) is 43.9 Å². The van der Waals surface area contributed by atoms with Crippen molar-refractivity contribution in [3.8, 4) is 5.75 Å². The topological polar surface area (TPSA) is 35.5 Å². The van der Waals surface area contributed by atoms with Crippen molar-refractivity contribution in [3.63, 3.8) is 0 Å². The number of hydrogen-bond donors (Lipinski definition) is 0. The zero-order chi connectivity index (χ0) is 13.1. The second kappa shape index (κ2) is 5.85. The number of aryl methyl sites for hydroxylation is 1. The van der Waals surface area contributed by atoms with Crippen molar-refractivity contribution in [1.82, 2.24) is 0 Å². The molecule has 1 saturated heterocycles. The Balaban J connectivity index is 2.31. The summed E-state index contributed by atoms with van der Waals surface area (Å²) in [5.74, 6) is 0.641. The number of carbonyl (C=O) groups is 1. The summed E-state index contributed by atoms with van der Waals surface area (Å²) in [5.41, 5.74) is 1.65. The second-order valence-electron chi connectivity index (χ2n) is 4.52. The third-order valence-corrected chi connectivity index (χ3v) is 4.07. The van der Waals surface area contributed by atoms with E-state index in [-0.39, 0.29) is 11.9 Å². The Kier molecular flexibility index (Phi) is 4.40. The van der Waals surface area contributed by atoms with Crippen LogP contribution in [0, 0.1) is 6.92 Å². The fraction of sp³-hybridized carbons (Fsp3) is 0.500. The zero-order valence-electron chi connectivity index (χ0n) is 10.7. The molecule has 0 bridgehead atoms. The highest BCUT2D eigenvalue weighted by atomic mass is 79.9.